The summed E-state index contributed by atoms with van der Waals surface area (Å²) in [5.41, 5.74) is 0.178. The highest BCUT2D eigenvalue weighted by Gasteiger charge is 2.22. The number of rotatable bonds is 2. The van der Waals surface area contributed by atoms with Crippen LogP contribution in [0, 0.1) is 5.82 Å². The Bertz CT molecular complexity index is 507. The molecule has 1 fully saturated rings. The van der Waals surface area contributed by atoms with Crippen LogP contribution >= 0.6 is 0 Å². The van der Waals surface area contributed by atoms with E-state index in [0.717, 1.165) is 12.3 Å². The fourth-order valence-corrected chi connectivity index (χ4v) is 1.94. The van der Waals surface area contributed by atoms with Gasteiger partial charge in [0.05, 0.1) is 11.8 Å². The average molecular weight is 266 g/mol. The van der Waals surface area contributed by atoms with Crippen LogP contribution in [0.5, 0.6) is 0 Å². The third-order valence-corrected chi connectivity index (χ3v) is 2.92. The zero-order valence-corrected chi connectivity index (χ0v) is 10.6. The average Bonchev–Trinajstić information content (AvgIpc) is 2.62. The Hall–Kier alpha value is -2.18. The second-order valence-electron chi connectivity index (χ2n) is 4.19. The van der Waals surface area contributed by atoms with Crippen LogP contribution in [-0.2, 0) is 4.79 Å². The molecule has 7 heteroatoms. The van der Waals surface area contributed by atoms with Crippen molar-refractivity contribution < 1.29 is 14.0 Å². The zero-order chi connectivity index (χ0) is 13.8. The maximum absolute atomic E-state index is 13.2. The highest BCUT2D eigenvalue weighted by Crippen LogP contribution is 2.16. The first-order valence-corrected chi connectivity index (χ1v) is 6.01. The van der Waals surface area contributed by atoms with Gasteiger partial charge in [0.1, 0.15) is 11.6 Å². The van der Waals surface area contributed by atoms with E-state index in [9.17, 15) is 14.0 Å². The lowest BCUT2D eigenvalue weighted by molar-refractivity contribution is -0.120. The Morgan fingerprint density at radius 3 is 3.05 bits per heavy atom. The van der Waals surface area contributed by atoms with E-state index >= 15 is 0 Å². The predicted molar refractivity (Wildman–Crippen MR) is 67.3 cm³/mol. The molecule has 19 heavy (non-hydrogen) atoms. The smallest absolute Gasteiger partial charge is 0.257 e. The highest BCUT2D eigenvalue weighted by molar-refractivity contribution is 5.99. The molecule has 6 nitrogen and oxygen atoms in total. The topological polar surface area (TPSA) is 74.3 Å². The lowest BCUT2D eigenvalue weighted by atomic mass is 10.2. The number of nitrogens with zero attached hydrogens (tertiary/aromatic N) is 2. The molecule has 0 unspecified atom stereocenters. The number of carbonyl (C=O) groups excluding carboxylic acids is 2. The summed E-state index contributed by atoms with van der Waals surface area (Å²) in [7, 11) is 1.62. The largest absolute Gasteiger partial charge is 0.372 e. The quantitative estimate of drug-likeness (QED) is 0.803. The van der Waals surface area contributed by atoms with E-state index in [1.807, 2.05) is 0 Å². The van der Waals surface area contributed by atoms with Crippen LogP contribution in [0.15, 0.2) is 12.3 Å². The van der Waals surface area contributed by atoms with E-state index in [2.05, 4.69) is 15.6 Å². The standard InChI is InChI=1S/C12H15FN4O2/c1-14-11-9(6-8(13)7-16-11)12(19)17-4-2-10(18)15-3-5-17/h6-7H,2-5H2,1H3,(H,14,16)(H,15,18). The van der Waals surface area contributed by atoms with Gasteiger partial charge in [0.2, 0.25) is 5.91 Å². The third kappa shape index (κ3) is 2.98. The van der Waals surface area contributed by atoms with Gasteiger partial charge in [-0.15, -0.1) is 0 Å². The van der Waals surface area contributed by atoms with Crippen LogP contribution in [-0.4, -0.2) is 48.4 Å². The summed E-state index contributed by atoms with van der Waals surface area (Å²) in [6.07, 6.45) is 1.31. The Balaban J connectivity index is 2.23. The van der Waals surface area contributed by atoms with Gasteiger partial charge in [-0.1, -0.05) is 0 Å². The molecule has 0 atom stereocenters. The Morgan fingerprint density at radius 1 is 1.53 bits per heavy atom. The summed E-state index contributed by atoms with van der Waals surface area (Å²) in [6.45, 7) is 1.14. The minimum absolute atomic E-state index is 0.0819. The summed E-state index contributed by atoms with van der Waals surface area (Å²) >= 11 is 0. The van der Waals surface area contributed by atoms with Gasteiger partial charge in [-0.2, -0.15) is 0 Å². The predicted octanol–water partition coefficient (Wildman–Crippen LogP) is 0.224. The molecule has 2 N–H and O–H groups in total. The monoisotopic (exact) mass is 266 g/mol. The van der Waals surface area contributed by atoms with Crippen molar-refractivity contribution in [2.45, 2.75) is 6.42 Å². The zero-order valence-electron chi connectivity index (χ0n) is 10.6. The Labute approximate surface area is 110 Å². The van der Waals surface area contributed by atoms with Crippen LogP contribution < -0.4 is 10.6 Å². The minimum Gasteiger partial charge on any atom is -0.372 e. The van der Waals surface area contributed by atoms with E-state index in [1.54, 1.807) is 7.05 Å². The number of aromatic nitrogens is 1. The molecule has 1 saturated heterocycles. The van der Waals surface area contributed by atoms with Crippen molar-refractivity contribution in [1.82, 2.24) is 15.2 Å². The number of halogens is 1. The number of pyridine rings is 1. The molecule has 102 valence electrons. The fourth-order valence-electron chi connectivity index (χ4n) is 1.94. The lowest BCUT2D eigenvalue weighted by Gasteiger charge is -2.20. The first-order valence-electron chi connectivity index (χ1n) is 6.01. The molecule has 2 heterocycles. The van der Waals surface area contributed by atoms with Crippen molar-refractivity contribution in [2.75, 3.05) is 32.0 Å². The van der Waals surface area contributed by atoms with Gasteiger partial charge in [0, 0.05) is 33.1 Å². The van der Waals surface area contributed by atoms with E-state index in [1.165, 1.54) is 4.90 Å². The summed E-state index contributed by atoms with van der Waals surface area (Å²) in [5, 5.41) is 5.44. The van der Waals surface area contributed by atoms with E-state index < -0.39 is 5.82 Å². The van der Waals surface area contributed by atoms with E-state index in [-0.39, 0.29) is 23.8 Å². The molecule has 1 aromatic rings. The molecule has 0 aromatic carbocycles. The van der Waals surface area contributed by atoms with Crippen LogP contribution in [0.4, 0.5) is 10.2 Å². The van der Waals surface area contributed by atoms with Gasteiger partial charge >= 0.3 is 0 Å². The molecule has 2 rings (SSSR count). The number of carbonyl (C=O) groups is 2. The van der Waals surface area contributed by atoms with Gasteiger partial charge in [-0.3, -0.25) is 9.59 Å². The number of anilines is 1. The van der Waals surface area contributed by atoms with Crippen LogP contribution in [0.2, 0.25) is 0 Å². The van der Waals surface area contributed by atoms with Crippen molar-refractivity contribution in [3.05, 3.63) is 23.6 Å². The summed E-state index contributed by atoms with van der Waals surface area (Å²) in [4.78, 5) is 28.9. The molecular weight excluding hydrogens is 251 g/mol. The third-order valence-electron chi connectivity index (χ3n) is 2.92. The maximum Gasteiger partial charge on any atom is 0.257 e. The van der Waals surface area contributed by atoms with Gasteiger partial charge in [0.25, 0.3) is 5.91 Å². The number of hydrogen-bond acceptors (Lipinski definition) is 4. The Kier molecular flexibility index (Phi) is 3.94. The van der Waals surface area contributed by atoms with E-state index in [0.29, 0.717) is 25.5 Å². The van der Waals surface area contributed by atoms with Crippen molar-refractivity contribution in [3.63, 3.8) is 0 Å². The maximum atomic E-state index is 13.2. The minimum atomic E-state index is -0.564. The molecule has 1 aliphatic rings. The second-order valence-corrected chi connectivity index (χ2v) is 4.19. The number of hydrogen-bond donors (Lipinski definition) is 2. The molecule has 0 radical (unpaired) electrons. The first-order chi connectivity index (χ1) is 9.11. The summed E-state index contributed by atoms with van der Waals surface area (Å²) in [5.74, 6) is -0.643. The molecule has 0 saturated carbocycles. The Morgan fingerprint density at radius 2 is 2.32 bits per heavy atom. The molecule has 0 bridgehead atoms. The van der Waals surface area contributed by atoms with Crippen molar-refractivity contribution in [2.24, 2.45) is 0 Å². The normalized spacial score (nSPS) is 15.7. The van der Waals surface area contributed by atoms with Gasteiger partial charge in [-0.05, 0) is 6.07 Å². The van der Waals surface area contributed by atoms with Gasteiger partial charge in [0.15, 0.2) is 0 Å². The van der Waals surface area contributed by atoms with Gasteiger partial charge in [-0.25, -0.2) is 9.37 Å². The lowest BCUT2D eigenvalue weighted by Crippen LogP contribution is -2.34. The van der Waals surface area contributed by atoms with Crippen LogP contribution in [0.1, 0.15) is 16.8 Å². The number of amides is 2. The van der Waals surface area contributed by atoms with Crippen molar-refractivity contribution in [3.8, 4) is 0 Å². The molecule has 0 aliphatic carbocycles. The van der Waals surface area contributed by atoms with Crippen molar-refractivity contribution in [1.29, 1.82) is 0 Å². The fraction of sp³-hybridized carbons (Fsp3) is 0.417. The molecule has 0 spiro atoms. The summed E-state index contributed by atoms with van der Waals surface area (Å²) in [6, 6.07) is 1.15. The molecular formula is C12H15FN4O2. The number of nitrogens with one attached hydrogen (secondary N) is 2. The second kappa shape index (κ2) is 5.64. The SMILES string of the molecule is CNc1ncc(F)cc1C(=O)N1CCNC(=O)CC1. The molecule has 2 amide bonds. The van der Waals surface area contributed by atoms with Crippen molar-refractivity contribution >= 4 is 17.6 Å². The highest BCUT2D eigenvalue weighted by atomic mass is 19.1. The summed E-state index contributed by atoms with van der Waals surface area (Å²) < 4.78 is 13.2. The molecule has 1 aromatic heterocycles. The van der Waals surface area contributed by atoms with Crippen LogP contribution in [0.25, 0.3) is 0 Å². The first kappa shape index (κ1) is 13.3. The van der Waals surface area contributed by atoms with Crippen LogP contribution in [0.3, 0.4) is 0 Å². The van der Waals surface area contributed by atoms with E-state index in [4.69, 9.17) is 0 Å². The van der Waals surface area contributed by atoms with Gasteiger partial charge < -0.3 is 15.5 Å². The molecule has 1 aliphatic heterocycles.